The summed E-state index contributed by atoms with van der Waals surface area (Å²) in [7, 11) is 0. The number of hydrogen-bond donors (Lipinski definition) is 0. The Balaban J connectivity index is 2.12. The fourth-order valence-electron chi connectivity index (χ4n) is 2.86. The van der Waals surface area contributed by atoms with Gasteiger partial charge in [-0.2, -0.15) is 13.2 Å². The first-order valence-corrected chi connectivity index (χ1v) is 7.39. The van der Waals surface area contributed by atoms with Crippen molar-refractivity contribution in [1.29, 1.82) is 0 Å². The quantitative estimate of drug-likeness (QED) is 0.849. The van der Waals surface area contributed by atoms with Crippen molar-refractivity contribution < 1.29 is 18.0 Å². The normalized spacial score (nSPS) is 15.2. The number of aromatic nitrogens is 2. The lowest BCUT2D eigenvalue weighted by Gasteiger charge is -2.17. The zero-order valence-corrected chi connectivity index (χ0v) is 12.6. The van der Waals surface area contributed by atoms with Crippen molar-refractivity contribution in [3.63, 3.8) is 0 Å². The number of carbonyl (C=O) groups is 1. The van der Waals surface area contributed by atoms with Gasteiger partial charge in [0.05, 0.1) is 5.69 Å². The summed E-state index contributed by atoms with van der Waals surface area (Å²) in [6.45, 7) is 2.68. The average Bonchev–Trinajstić information content (AvgIpc) is 3.16. The van der Waals surface area contributed by atoms with Gasteiger partial charge in [-0.1, -0.05) is 18.2 Å². The van der Waals surface area contributed by atoms with Gasteiger partial charge in [0.2, 0.25) is 0 Å². The van der Waals surface area contributed by atoms with Crippen molar-refractivity contribution in [2.24, 2.45) is 0 Å². The molecule has 2 heterocycles. The third-order valence-corrected chi connectivity index (χ3v) is 4.01. The third-order valence-electron chi connectivity index (χ3n) is 4.01. The number of halogens is 3. The van der Waals surface area contributed by atoms with Gasteiger partial charge in [0.15, 0.2) is 11.4 Å². The molecular formula is C16H16F3N3O. The molecule has 0 spiro atoms. The summed E-state index contributed by atoms with van der Waals surface area (Å²) < 4.78 is 41.7. The molecule has 1 aliphatic rings. The lowest BCUT2D eigenvalue weighted by Crippen LogP contribution is -2.30. The topological polar surface area (TPSA) is 38.1 Å². The Kier molecular flexibility index (Phi) is 3.87. The first kappa shape index (κ1) is 15.6. The van der Waals surface area contributed by atoms with Crippen LogP contribution in [-0.4, -0.2) is 33.4 Å². The van der Waals surface area contributed by atoms with Crippen LogP contribution in [0.1, 0.15) is 34.6 Å². The van der Waals surface area contributed by atoms with Gasteiger partial charge in [-0.25, -0.2) is 4.98 Å². The lowest BCUT2D eigenvalue weighted by molar-refractivity contribution is -0.142. The van der Waals surface area contributed by atoms with Crippen LogP contribution >= 0.6 is 0 Å². The Labute approximate surface area is 131 Å². The zero-order valence-electron chi connectivity index (χ0n) is 12.6. The van der Waals surface area contributed by atoms with Crippen LogP contribution in [0.25, 0.3) is 5.69 Å². The Morgan fingerprint density at radius 1 is 1.17 bits per heavy atom. The highest BCUT2D eigenvalue weighted by Gasteiger charge is 2.42. The van der Waals surface area contributed by atoms with E-state index in [4.69, 9.17) is 0 Å². The first-order valence-electron chi connectivity index (χ1n) is 7.39. The number of alkyl halides is 3. The minimum atomic E-state index is -4.66. The molecule has 0 radical (unpaired) electrons. The van der Waals surface area contributed by atoms with Crippen molar-refractivity contribution in [2.75, 3.05) is 13.1 Å². The van der Waals surface area contributed by atoms with Crippen LogP contribution in [0.2, 0.25) is 0 Å². The smallest absolute Gasteiger partial charge is 0.337 e. The van der Waals surface area contributed by atoms with Gasteiger partial charge in [-0.15, -0.1) is 0 Å². The molecule has 2 aromatic rings. The van der Waals surface area contributed by atoms with Gasteiger partial charge in [-0.3, -0.25) is 9.36 Å². The molecule has 1 aromatic carbocycles. The molecule has 3 rings (SSSR count). The molecular weight excluding hydrogens is 307 g/mol. The van der Waals surface area contributed by atoms with Crippen LogP contribution in [-0.2, 0) is 6.18 Å². The second-order valence-electron chi connectivity index (χ2n) is 5.60. The molecule has 0 aliphatic carbocycles. The summed E-state index contributed by atoms with van der Waals surface area (Å²) in [5, 5.41) is 0. The van der Waals surface area contributed by atoms with Gasteiger partial charge < -0.3 is 4.90 Å². The summed E-state index contributed by atoms with van der Waals surface area (Å²) in [5.41, 5.74) is -0.491. The predicted octanol–water partition coefficient (Wildman–Crippen LogP) is 3.44. The van der Waals surface area contributed by atoms with E-state index < -0.39 is 23.5 Å². The number of benzene rings is 1. The Hall–Kier alpha value is -2.31. The first-order chi connectivity index (χ1) is 10.9. The highest BCUT2D eigenvalue weighted by Crippen LogP contribution is 2.35. The summed E-state index contributed by atoms with van der Waals surface area (Å²) in [5.74, 6) is -0.651. The molecule has 7 heteroatoms. The predicted molar refractivity (Wildman–Crippen MR) is 78.4 cm³/mol. The van der Waals surface area contributed by atoms with E-state index in [1.807, 2.05) is 0 Å². The van der Waals surface area contributed by atoms with Crippen LogP contribution in [0.15, 0.2) is 30.6 Å². The van der Waals surface area contributed by atoms with Crippen molar-refractivity contribution in [3.8, 4) is 5.69 Å². The zero-order chi connectivity index (χ0) is 16.6. The van der Waals surface area contributed by atoms with Gasteiger partial charge >= 0.3 is 6.18 Å². The molecule has 1 amide bonds. The van der Waals surface area contributed by atoms with E-state index in [2.05, 4.69) is 4.98 Å². The van der Waals surface area contributed by atoms with Gasteiger partial charge in [0.1, 0.15) is 6.33 Å². The highest BCUT2D eigenvalue weighted by atomic mass is 19.4. The standard InChI is InChI=1S/C16H16F3N3O/c1-11-6-2-3-7-12(11)22-10-20-13(14(22)16(17,18)19)15(23)21-8-4-5-9-21/h2-3,6-7,10H,4-5,8-9H2,1H3. The second kappa shape index (κ2) is 5.72. The average molecular weight is 323 g/mol. The van der Waals surface area contributed by atoms with Crippen LogP contribution in [0.3, 0.4) is 0 Å². The fraction of sp³-hybridized carbons (Fsp3) is 0.375. The second-order valence-corrected chi connectivity index (χ2v) is 5.60. The molecule has 0 bridgehead atoms. The third kappa shape index (κ3) is 2.83. The van der Waals surface area contributed by atoms with Gasteiger partial charge in [0.25, 0.3) is 5.91 Å². The maximum absolute atomic E-state index is 13.6. The number of hydrogen-bond acceptors (Lipinski definition) is 2. The number of carbonyl (C=O) groups excluding carboxylic acids is 1. The van der Waals surface area contributed by atoms with E-state index in [-0.39, 0.29) is 0 Å². The van der Waals surface area contributed by atoms with E-state index >= 15 is 0 Å². The largest absolute Gasteiger partial charge is 0.434 e. The number of imidazole rings is 1. The molecule has 1 saturated heterocycles. The Morgan fingerprint density at radius 2 is 1.83 bits per heavy atom. The monoisotopic (exact) mass is 323 g/mol. The number of amides is 1. The Morgan fingerprint density at radius 3 is 2.43 bits per heavy atom. The summed E-state index contributed by atoms with van der Waals surface area (Å²) in [6, 6.07) is 6.71. The maximum atomic E-state index is 13.6. The van der Waals surface area contributed by atoms with Crippen molar-refractivity contribution in [3.05, 3.63) is 47.5 Å². The van der Waals surface area contributed by atoms with Crippen LogP contribution in [0.4, 0.5) is 13.2 Å². The van der Waals surface area contributed by atoms with Gasteiger partial charge in [0, 0.05) is 13.1 Å². The minimum absolute atomic E-state index is 0.368. The van der Waals surface area contributed by atoms with Crippen molar-refractivity contribution in [2.45, 2.75) is 25.9 Å². The molecule has 23 heavy (non-hydrogen) atoms. The number of aryl methyl sites for hydroxylation is 1. The number of likely N-dealkylation sites (tertiary alicyclic amines) is 1. The van der Waals surface area contributed by atoms with Crippen molar-refractivity contribution >= 4 is 5.91 Å². The maximum Gasteiger partial charge on any atom is 0.434 e. The molecule has 4 nitrogen and oxygen atoms in total. The summed E-state index contributed by atoms with van der Waals surface area (Å²) >= 11 is 0. The van der Waals surface area contributed by atoms with E-state index in [9.17, 15) is 18.0 Å². The highest BCUT2D eigenvalue weighted by molar-refractivity contribution is 5.94. The van der Waals surface area contributed by atoms with E-state index in [1.54, 1.807) is 31.2 Å². The number of nitrogens with zero attached hydrogens (tertiary/aromatic N) is 3. The number of para-hydroxylation sites is 1. The van der Waals surface area contributed by atoms with E-state index in [1.165, 1.54) is 4.90 Å². The van der Waals surface area contributed by atoms with E-state index in [0.717, 1.165) is 23.7 Å². The molecule has 0 unspecified atom stereocenters. The molecule has 1 aromatic heterocycles. The molecule has 1 fully saturated rings. The molecule has 0 N–H and O–H groups in total. The minimum Gasteiger partial charge on any atom is -0.337 e. The SMILES string of the molecule is Cc1ccccc1-n1cnc(C(=O)N2CCCC2)c1C(F)(F)F. The molecule has 0 saturated carbocycles. The summed E-state index contributed by atoms with van der Waals surface area (Å²) in [6.07, 6.45) is -1.96. The molecule has 0 atom stereocenters. The van der Waals surface area contributed by atoms with Crippen LogP contribution in [0.5, 0.6) is 0 Å². The molecule has 122 valence electrons. The van der Waals surface area contributed by atoms with Crippen LogP contribution < -0.4 is 0 Å². The molecule has 1 aliphatic heterocycles. The number of rotatable bonds is 2. The van der Waals surface area contributed by atoms with Gasteiger partial charge in [-0.05, 0) is 31.4 Å². The van der Waals surface area contributed by atoms with E-state index in [0.29, 0.717) is 24.3 Å². The Bertz CT molecular complexity index is 730. The van der Waals surface area contributed by atoms with Crippen LogP contribution in [0, 0.1) is 6.92 Å². The van der Waals surface area contributed by atoms with Crippen molar-refractivity contribution in [1.82, 2.24) is 14.5 Å². The lowest BCUT2D eigenvalue weighted by atomic mass is 10.2. The fourth-order valence-corrected chi connectivity index (χ4v) is 2.86. The summed E-state index contributed by atoms with van der Waals surface area (Å²) in [4.78, 5) is 17.6.